The Morgan fingerprint density at radius 3 is 2.44 bits per heavy atom. The number of halogens is 3. The predicted octanol–water partition coefficient (Wildman–Crippen LogP) is 4.44. The van der Waals surface area contributed by atoms with E-state index in [1.807, 2.05) is 0 Å². The number of alkyl halides is 3. The molecule has 0 aromatic heterocycles. The minimum Gasteiger partial charge on any atom is -0.316 e. The predicted molar refractivity (Wildman–Crippen MR) is 63.1 cm³/mol. The lowest BCUT2D eigenvalue weighted by atomic mass is 9.78. The second-order valence-electron chi connectivity index (χ2n) is 4.88. The van der Waals surface area contributed by atoms with Crippen LogP contribution < -0.4 is 0 Å². The zero-order chi connectivity index (χ0) is 13.2. The van der Waals surface area contributed by atoms with Crippen molar-refractivity contribution in [3.05, 3.63) is 46.8 Å². The molecule has 0 saturated heterocycles. The van der Waals surface area contributed by atoms with Gasteiger partial charge in [-0.2, -0.15) is 13.2 Å². The lowest BCUT2D eigenvalue weighted by Gasteiger charge is -2.24. The fourth-order valence-corrected chi connectivity index (χ4v) is 2.77. The van der Waals surface area contributed by atoms with Gasteiger partial charge in [-0.1, -0.05) is 31.0 Å². The van der Waals surface area contributed by atoms with Crippen molar-refractivity contribution in [1.82, 2.24) is 0 Å². The molecule has 96 valence electrons. The SMILES string of the molecule is [C-]#[N+]CC1(c2cccc(C(F)(F)F)c2)CCCC1. The summed E-state index contributed by atoms with van der Waals surface area (Å²) >= 11 is 0. The summed E-state index contributed by atoms with van der Waals surface area (Å²) in [5.74, 6) is 0. The molecule has 1 saturated carbocycles. The Morgan fingerprint density at radius 2 is 1.89 bits per heavy atom. The summed E-state index contributed by atoms with van der Waals surface area (Å²) in [6.07, 6.45) is -0.696. The van der Waals surface area contributed by atoms with Crippen LogP contribution in [0.5, 0.6) is 0 Å². The molecule has 0 aliphatic heterocycles. The van der Waals surface area contributed by atoms with Crippen LogP contribution in [0.3, 0.4) is 0 Å². The molecule has 1 nitrogen and oxygen atoms in total. The lowest BCUT2D eigenvalue weighted by molar-refractivity contribution is -0.137. The van der Waals surface area contributed by atoms with Gasteiger partial charge in [0.1, 0.15) is 0 Å². The fraction of sp³-hybridized carbons (Fsp3) is 0.500. The summed E-state index contributed by atoms with van der Waals surface area (Å²) < 4.78 is 38.1. The van der Waals surface area contributed by atoms with Gasteiger partial charge in [-0.15, -0.1) is 0 Å². The monoisotopic (exact) mass is 253 g/mol. The Bertz CT molecular complexity index is 465. The van der Waals surface area contributed by atoms with E-state index in [-0.39, 0.29) is 12.0 Å². The highest BCUT2D eigenvalue weighted by Crippen LogP contribution is 2.43. The average Bonchev–Trinajstić information content (AvgIpc) is 2.79. The summed E-state index contributed by atoms with van der Waals surface area (Å²) in [6.45, 7) is 7.31. The molecule has 1 aromatic carbocycles. The van der Waals surface area contributed by atoms with Gasteiger partial charge >= 0.3 is 6.18 Å². The Balaban J connectivity index is 2.41. The van der Waals surface area contributed by atoms with Crippen LogP contribution in [0.4, 0.5) is 13.2 Å². The second-order valence-corrected chi connectivity index (χ2v) is 4.88. The maximum atomic E-state index is 12.7. The maximum Gasteiger partial charge on any atom is 0.416 e. The zero-order valence-corrected chi connectivity index (χ0v) is 9.93. The first-order chi connectivity index (χ1) is 8.48. The van der Waals surface area contributed by atoms with Crippen LogP contribution >= 0.6 is 0 Å². The molecule has 1 aromatic rings. The van der Waals surface area contributed by atoms with Crippen molar-refractivity contribution < 1.29 is 13.2 Å². The molecular weight excluding hydrogens is 239 g/mol. The van der Waals surface area contributed by atoms with Gasteiger partial charge < -0.3 is 4.85 Å². The van der Waals surface area contributed by atoms with Gasteiger partial charge in [-0.05, 0) is 24.5 Å². The van der Waals surface area contributed by atoms with E-state index >= 15 is 0 Å². The minimum atomic E-state index is -4.31. The first kappa shape index (κ1) is 12.9. The molecule has 0 radical (unpaired) electrons. The molecule has 1 fully saturated rings. The summed E-state index contributed by atoms with van der Waals surface area (Å²) in [4.78, 5) is 3.43. The van der Waals surface area contributed by atoms with Gasteiger partial charge in [0.05, 0.1) is 11.0 Å². The van der Waals surface area contributed by atoms with Crippen LogP contribution in [0.15, 0.2) is 24.3 Å². The average molecular weight is 253 g/mol. The largest absolute Gasteiger partial charge is 0.416 e. The molecule has 2 rings (SSSR count). The third-order valence-electron chi connectivity index (χ3n) is 3.74. The summed E-state index contributed by atoms with van der Waals surface area (Å²) in [7, 11) is 0. The van der Waals surface area contributed by atoms with Crippen LogP contribution in [0.1, 0.15) is 36.8 Å². The van der Waals surface area contributed by atoms with E-state index in [1.165, 1.54) is 12.1 Å². The molecule has 18 heavy (non-hydrogen) atoms. The molecule has 1 aliphatic rings. The van der Waals surface area contributed by atoms with E-state index in [0.717, 1.165) is 31.7 Å². The standard InChI is InChI=1S/C14H14F3N/c1-18-10-13(7-2-3-8-13)11-5-4-6-12(9-11)14(15,16)17/h4-6,9H,2-3,7-8,10H2. The third kappa shape index (κ3) is 2.35. The quantitative estimate of drug-likeness (QED) is 0.686. The van der Waals surface area contributed by atoms with Crippen LogP contribution in [0.25, 0.3) is 4.85 Å². The zero-order valence-electron chi connectivity index (χ0n) is 9.93. The first-order valence-electron chi connectivity index (χ1n) is 5.99. The molecule has 0 bridgehead atoms. The second kappa shape index (κ2) is 4.64. The smallest absolute Gasteiger partial charge is 0.316 e. The van der Waals surface area contributed by atoms with Crippen molar-refractivity contribution in [2.45, 2.75) is 37.3 Å². The van der Waals surface area contributed by atoms with Gasteiger partial charge in [0.2, 0.25) is 6.54 Å². The van der Waals surface area contributed by atoms with E-state index < -0.39 is 11.7 Å². The van der Waals surface area contributed by atoms with Crippen molar-refractivity contribution in [2.24, 2.45) is 0 Å². The topological polar surface area (TPSA) is 4.36 Å². The molecule has 0 N–H and O–H groups in total. The summed E-state index contributed by atoms with van der Waals surface area (Å²) in [5.41, 5.74) is -0.301. The highest BCUT2D eigenvalue weighted by atomic mass is 19.4. The Morgan fingerprint density at radius 1 is 1.22 bits per heavy atom. The van der Waals surface area contributed by atoms with E-state index in [0.29, 0.717) is 5.56 Å². The summed E-state index contributed by atoms with van der Waals surface area (Å²) in [5, 5.41) is 0. The Hall–Kier alpha value is -1.50. The highest BCUT2D eigenvalue weighted by molar-refractivity contribution is 5.33. The third-order valence-corrected chi connectivity index (χ3v) is 3.74. The molecule has 0 spiro atoms. The van der Waals surface area contributed by atoms with E-state index in [4.69, 9.17) is 6.57 Å². The van der Waals surface area contributed by atoms with E-state index in [9.17, 15) is 13.2 Å². The van der Waals surface area contributed by atoms with E-state index in [1.54, 1.807) is 6.07 Å². The number of hydrogen-bond donors (Lipinski definition) is 0. The Kier molecular flexibility index (Phi) is 3.34. The molecule has 0 unspecified atom stereocenters. The molecule has 1 aliphatic carbocycles. The summed E-state index contributed by atoms with van der Waals surface area (Å²) in [6, 6.07) is 5.48. The van der Waals surface area contributed by atoms with E-state index in [2.05, 4.69) is 4.85 Å². The van der Waals surface area contributed by atoms with Gasteiger partial charge in [0.15, 0.2) is 0 Å². The van der Waals surface area contributed by atoms with Crippen molar-refractivity contribution in [1.29, 1.82) is 0 Å². The van der Waals surface area contributed by atoms with Gasteiger partial charge in [-0.25, -0.2) is 6.57 Å². The van der Waals surface area contributed by atoms with Crippen LogP contribution in [0, 0.1) is 6.57 Å². The maximum absolute atomic E-state index is 12.7. The van der Waals surface area contributed by atoms with Crippen molar-refractivity contribution in [3.63, 3.8) is 0 Å². The van der Waals surface area contributed by atoms with Gasteiger partial charge in [0, 0.05) is 0 Å². The van der Waals surface area contributed by atoms with Crippen molar-refractivity contribution in [2.75, 3.05) is 6.54 Å². The number of hydrogen-bond acceptors (Lipinski definition) is 0. The number of nitrogens with zero attached hydrogens (tertiary/aromatic N) is 1. The van der Waals surface area contributed by atoms with Crippen molar-refractivity contribution in [3.8, 4) is 0 Å². The van der Waals surface area contributed by atoms with Gasteiger partial charge in [0.25, 0.3) is 0 Å². The first-order valence-corrected chi connectivity index (χ1v) is 5.99. The lowest BCUT2D eigenvalue weighted by Crippen LogP contribution is -2.25. The molecule has 0 heterocycles. The fourth-order valence-electron chi connectivity index (χ4n) is 2.77. The number of benzene rings is 1. The van der Waals surface area contributed by atoms with Crippen LogP contribution in [-0.2, 0) is 11.6 Å². The highest BCUT2D eigenvalue weighted by Gasteiger charge is 2.40. The molecule has 4 heteroatoms. The van der Waals surface area contributed by atoms with Crippen LogP contribution in [-0.4, -0.2) is 6.54 Å². The Labute approximate surface area is 104 Å². The van der Waals surface area contributed by atoms with Crippen molar-refractivity contribution >= 4 is 0 Å². The normalized spacial score (nSPS) is 18.6. The number of rotatable bonds is 2. The van der Waals surface area contributed by atoms with Gasteiger partial charge in [-0.3, -0.25) is 0 Å². The minimum absolute atomic E-state index is 0.286. The van der Waals surface area contributed by atoms with Crippen LogP contribution in [0.2, 0.25) is 0 Å². The molecule has 0 amide bonds. The molecular formula is C14H14F3N. The molecule has 0 atom stereocenters.